The zero-order chi connectivity index (χ0) is 30.9. The number of carboxylic acids is 1. The van der Waals surface area contributed by atoms with Crippen LogP contribution in [-0.4, -0.2) is 47.1 Å². The van der Waals surface area contributed by atoms with Gasteiger partial charge in [0.25, 0.3) is 0 Å². The standard InChI is InChI=1S/C32H34N2O9/c35-28(33-26(17-19-29(36)37)30(38)41-20-23-10-4-1-5-11-23)18-16-27(31(39)42-21-24-12-6-2-7-13-24)34-32(40)43-22-25-14-8-3-9-15-25/h1-15,26-27H,16-22H2,(H,33,35)(H,34,40)(H,36,37)/t26-,27+/m1/s1. The van der Waals surface area contributed by atoms with Crippen LogP contribution in [0.4, 0.5) is 4.79 Å². The Hall–Kier alpha value is -5.19. The van der Waals surface area contributed by atoms with Crippen LogP contribution in [0.25, 0.3) is 0 Å². The first kappa shape index (κ1) is 32.3. The Morgan fingerprint density at radius 1 is 0.558 bits per heavy atom. The van der Waals surface area contributed by atoms with Gasteiger partial charge in [-0.05, 0) is 29.5 Å². The lowest BCUT2D eigenvalue weighted by Crippen LogP contribution is -2.45. The predicted octanol–water partition coefficient (Wildman–Crippen LogP) is 3.90. The quantitative estimate of drug-likeness (QED) is 0.166. The monoisotopic (exact) mass is 590 g/mol. The van der Waals surface area contributed by atoms with Gasteiger partial charge in [-0.3, -0.25) is 9.59 Å². The predicted molar refractivity (Wildman–Crippen MR) is 154 cm³/mol. The molecule has 0 aliphatic carbocycles. The summed E-state index contributed by atoms with van der Waals surface area (Å²) in [7, 11) is 0. The van der Waals surface area contributed by atoms with Gasteiger partial charge in [0.2, 0.25) is 5.91 Å². The van der Waals surface area contributed by atoms with Crippen molar-refractivity contribution in [3.63, 3.8) is 0 Å². The van der Waals surface area contributed by atoms with E-state index in [1.807, 2.05) is 18.2 Å². The van der Waals surface area contributed by atoms with Crippen LogP contribution in [0.3, 0.4) is 0 Å². The lowest BCUT2D eigenvalue weighted by atomic mass is 10.1. The van der Waals surface area contributed by atoms with E-state index in [4.69, 9.17) is 19.3 Å². The molecule has 0 heterocycles. The molecule has 11 nitrogen and oxygen atoms in total. The second-order valence-corrected chi connectivity index (χ2v) is 9.54. The van der Waals surface area contributed by atoms with E-state index in [1.54, 1.807) is 72.8 Å². The summed E-state index contributed by atoms with van der Waals surface area (Å²) in [4.78, 5) is 62.0. The first-order chi connectivity index (χ1) is 20.8. The molecule has 0 unspecified atom stereocenters. The van der Waals surface area contributed by atoms with Crippen molar-refractivity contribution in [2.75, 3.05) is 0 Å². The fourth-order valence-electron chi connectivity index (χ4n) is 3.87. The minimum atomic E-state index is -1.24. The van der Waals surface area contributed by atoms with Crippen LogP contribution in [0.5, 0.6) is 0 Å². The fraction of sp³-hybridized carbons (Fsp3) is 0.281. The van der Waals surface area contributed by atoms with Gasteiger partial charge in [0.05, 0.1) is 0 Å². The van der Waals surface area contributed by atoms with E-state index in [-0.39, 0.29) is 45.5 Å². The van der Waals surface area contributed by atoms with Gasteiger partial charge in [-0.25, -0.2) is 14.4 Å². The third kappa shape index (κ3) is 12.5. The average molecular weight is 591 g/mol. The Kier molecular flexibility index (Phi) is 13.2. The number of benzene rings is 3. The molecule has 0 aromatic heterocycles. The molecule has 3 rings (SSSR count). The molecule has 3 aromatic rings. The first-order valence-electron chi connectivity index (χ1n) is 13.7. The summed E-state index contributed by atoms with van der Waals surface area (Å²) in [5, 5.41) is 14.0. The van der Waals surface area contributed by atoms with Crippen molar-refractivity contribution in [3.05, 3.63) is 108 Å². The minimum Gasteiger partial charge on any atom is -0.481 e. The van der Waals surface area contributed by atoms with E-state index >= 15 is 0 Å². The summed E-state index contributed by atoms with van der Waals surface area (Å²) >= 11 is 0. The summed E-state index contributed by atoms with van der Waals surface area (Å²) in [6.07, 6.45) is -1.92. The highest BCUT2D eigenvalue weighted by Crippen LogP contribution is 2.09. The molecule has 0 fully saturated rings. The molecule has 11 heteroatoms. The van der Waals surface area contributed by atoms with E-state index in [0.717, 1.165) is 16.7 Å². The highest BCUT2D eigenvalue weighted by Gasteiger charge is 2.27. The first-order valence-corrected chi connectivity index (χ1v) is 13.7. The average Bonchev–Trinajstić information content (AvgIpc) is 3.03. The summed E-state index contributed by atoms with van der Waals surface area (Å²) in [5.74, 6) is -3.36. The molecule has 43 heavy (non-hydrogen) atoms. The van der Waals surface area contributed by atoms with Crippen LogP contribution in [0, 0.1) is 0 Å². The van der Waals surface area contributed by atoms with Crippen molar-refractivity contribution < 1.29 is 43.3 Å². The maximum absolute atomic E-state index is 12.9. The fourth-order valence-corrected chi connectivity index (χ4v) is 3.87. The van der Waals surface area contributed by atoms with Gasteiger partial charge in [-0.1, -0.05) is 91.0 Å². The van der Waals surface area contributed by atoms with Crippen LogP contribution >= 0.6 is 0 Å². The van der Waals surface area contributed by atoms with Gasteiger partial charge in [0.1, 0.15) is 31.9 Å². The Morgan fingerprint density at radius 3 is 1.40 bits per heavy atom. The van der Waals surface area contributed by atoms with Gasteiger partial charge < -0.3 is 30.0 Å². The summed E-state index contributed by atoms with van der Waals surface area (Å²) in [5.41, 5.74) is 2.20. The number of carbonyl (C=O) groups is 5. The van der Waals surface area contributed by atoms with E-state index in [9.17, 15) is 24.0 Å². The number of aliphatic carboxylic acids is 1. The molecule has 0 saturated carbocycles. The van der Waals surface area contributed by atoms with Crippen molar-refractivity contribution in [2.24, 2.45) is 0 Å². The molecule has 226 valence electrons. The molecule has 0 spiro atoms. The maximum Gasteiger partial charge on any atom is 0.408 e. The molecule has 0 aliphatic rings. The zero-order valence-corrected chi connectivity index (χ0v) is 23.5. The summed E-state index contributed by atoms with van der Waals surface area (Å²) in [6, 6.07) is 24.3. The van der Waals surface area contributed by atoms with E-state index in [0.29, 0.717) is 0 Å². The van der Waals surface area contributed by atoms with Gasteiger partial charge in [-0.15, -0.1) is 0 Å². The number of carboxylic acid groups (broad SMARTS) is 1. The molecular weight excluding hydrogens is 556 g/mol. The molecule has 0 saturated heterocycles. The third-order valence-corrected chi connectivity index (χ3v) is 6.16. The van der Waals surface area contributed by atoms with Crippen LogP contribution in [0.15, 0.2) is 91.0 Å². The van der Waals surface area contributed by atoms with E-state index in [1.165, 1.54) is 0 Å². The van der Waals surface area contributed by atoms with Gasteiger partial charge >= 0.3 is 24.0 Å². The smallest absolute Gasteiger partial charge is 0.408 e. The molecular formula is C32H34N2O9. The molecule has 0 aliphatic heterocycles. The maximum atomic E-state index is 12.9. The van der Waals surface area contributed by atoms with Crippen LogP contribution in [-0.2, 0) is 53.2 Å². The number of hydrogen-bond donors (Lipinski definition) is 3. The van der Waals surface area contributed by atoms with E-state index < -0.39 is 42.0 Å². The number of alkyl carbamates (subject to hydrolysis) is 1. The van der Waals surface area contributed by atoms with Crippen molar-refractivity contribution in [3.8, 4) is 0 Å². The second kappa shape index (κ2) is 17.6. The highest BCUT2D eigenvalue weighted by molar-refractivity contribution is 5.86. The molecule has 2 amide bonds. The Balaban J connectivity index is 1.59. The number of esters is 2. The number of ether oxygens (including phenoxy) is 3. The topological polar surface area (TPSA) is 157 Å². The van der Waals surface area contributed by atoms with Crippen molar-refractivity contribution in [1.29, 1.82) is 0 Å². The summed E-state index contributed by atoms with van der Waals surface area (Å²) < 4.78 is 15.9. The van der Waals surface area contributed by atoms with Crippen LogP contribution in [0.1, 0.15) is 42.4 Å². The second-order valence-electron chi connectivity index (χ2n) is 9.54. The number of amides is 2. The Morgan fingerprint density at radius 2 is 0.953 bits per heavy atom. The Labute approximate surface area is 249 Å². The number of nitrogens with one attached hydrogen (secondary N) is 2. The van der Waals surface area contributed by atoms with Crippen molar-refractivity contribution >= 4 is 29.9 Å². The normalized spacial score (nSPS) is 11.8. The summed E-state index contributed by atoms with van der Waals surface area (Å²) in [6.45, 7) is -0.133. The Bertz CT molecular complexity index is 1330. The van der Waals surface area contributed by atoms with Crippen LogP contribution in [0.2, 0.25) is 0 Å². The molecule has 3 aromatic carbocycles. The number of rotatable bonds is 16. The van der Waals surface area contributed by atoms with Crippen LogP contribution < -0.4 is 10.6 Å². The molecule has 2 atom stereocenters. The molecule has 3 N–H and O–H groups in total. The lowest BCUT2D eigenvalue weighted by molar-refractivity contribution is -0.150. The number of carbonyl (C=O) groups excluding carboxylic acids is 4. The van der Waals surface area contributed by atoms with E-state index in [2.05, 4.69) is 10.6 Å². The third-order valence-electron chi connectivity index (χ3n) is 6.16. The number of hydrogen-bond acceptors (Lipinski definition) is 8. The van der Waals surface area contributed by atoms with Gasteiger partial charge in [0.15, 0.2) is 0 Å². The van der Waals surface area contributed by atoms with Crippen molar-refractivity contribution in [1.82, 2.24) is 10.6 Å². The SMILES string of the molecule is O=C(O)CC[C@@H](NC(=O)CC[C@H](NC(=O)OCc1ccccc1)C(=O)OCc1ccccc1)C(=O)OCc1ccccc1. The molecule has 0 bridgehead atoms. The molecule has 0 radical (unpaired) electrons. The highest BCUT2D eigenvalue weighted by atomic mass is 16.6. The van der Waals surface area contributed by atoms with Gasteiger partial charge in [0, 0.05) is 12.8 Å². The van der Waals surface area contributed by atoms with Gasteiger partial charge in [-0.2, -0.15) is 0 Å². The van der Waals surface area contributed by atoms with Crippen molar-refractivity contribution in [2.45, 2.75) is 57.6 Å². The lowest BCUT2D eigenvalue weighted by Gasteiger charge is -2.20. The zero-order valence-electron chi connectivity index (χ0n) is 23.5. The largest absolute Gasteiger partial charge is 0.481 e. The minimum absolute atomic E-state index is 0.0324.